The van der Waals surface area contributed by atoms with E-state index in [0.29, 0.717) is 0 Å². The number of hydrogen-bond donors (Lipinski definition) is 2. The third-order valence-electron chi connectivity index (χ3n) is 7.53. The maximum atomic E-state index is 9.18. The highest BCUT2D eigenvalue weighted by molar-refractivity contribution is 8.36. The topological polar surface area (TPSA) is 58.9 Å². The Labute approximate surface area is 233 Å². The molecule has 0 bridgehead atoms. The molecule has 1 aliphatic carbocycles. The molecule has 0 amide bonds. The normalized spacial score (nSPS) is 15.1. The number of aliphatic hydroxyl groups is 2. The van der Waals surface area contributed by atoms with Gasteiger partial charge in [-0.15, -0.1) is 21.4 Å². The lowest BCUT2D eigenvalue weighted by molar-refractivity contribution is 0.201. The Morgan fingerprint density at radius 1 is 0.692 bits per heavy atom. The molecule has 2 aliphatic rings. The molecule has 1 aromatic heterocycles. The van der Waals surface area contributed by atoms with E-state index in [1.807, 2.05) is 35.6 Å². The number of fused-ring (bicyclic) bond motifs is 7. The lowest BCUT2D eigenvalue weighted by atomic mass is 9.98. The zero-order valence-corrected chi connectivity index (χ0v) is 22.9. The zero-order chi connectivity index (χ0) is 26.4. The monoisotopic (exact) mass is 552 g/mol. The van der Waals surface area contributed by atoms with E-state index in [-0.39, 0.29) is 26.4 Å². The summed E-state index contributed by atoms with van der Waals surface area (Å²) in [6.45, 7) is 0.528. The molecule has 4 aromatic carbocycles. The van der Waals surface area contributed by atoms with Crippen LogP contribution < -0.4 is 9.47 Å². The molecule has 0 saturated heterocycles. The second-order valence-corrected chi connectivity index (χ2v) is 13.6. The van der Waals surface area contributed by atoms with Crippen LogP contribution in [0.25, 0.3) is 27.3 Å². The largest absolute Gasteiger partial charge is 0.491 e. The summed E-state index contributed by atoms with van der Waals surface area (Å²) in [5.74, 6) is 1.50. The van der Waals surface area contributed by atoms with Crippen LogP contribution in [0.1, 0.15) is 16.7 Å². The third kappa shape index (κ3) is 3.90. The summed E-state index contributed by atoms with van der Waals surface area (Å²) in [5.41, 5.74) is 6.90. The SMILES string of the molecule is OCCOc1ccc(S2(c3ccc(OCCO)cc3)C=Cc3c2ccc2c3-c3c(ccc4ccsc34)C2)cc1. The molecule has 196 valence electrons. The molecule has 2 N–H and O–H groups in total. The number of thiophene rings is 1. The van der Waals surface area contributed by atoms with Crippen molar-refractivity contribution in [3.05, 3.63) is 106 Å². The fraction of sp³-hybridized carbons (Fsp3) is 0.152. The number of aliphatic hydroxyl groups excluding tert-OH is 2. The van der Waals surface area contributed by atoms with E-state index >= 15 is 0 Å². The van der Waals surface area contributed by atoms with Gasteiger partial charge in [-0.25, -0.2) is 0 Å². The van der Waals surface area contributed by atoms with Crippen molar-refractivity contribution in [2.45, 2.75) is 21.1 Å². The summed E-state index contributed by atoms with van der Waals surface area (Å²) in [6, 6.07) is 28.1. The molecular weight excluding hydrogens is 524 g/mol. The highest BCUT2D eigenvalue weighted by atomic mass is 32.3. The van der Waals surface area contributed by atoms with E-state index in [9.17, 15) is 10.2 Å². The van der Waals surface area contributed by atoms with E-state index in [2.05, 4.69) is 71.5 Å². The van der Waals surface area contributed by atoms with Gasteiger partial charge in [-0.1, -0.05) is 18.2 Å². The molecule has 0 spiro atoms. The van der Waals surface area contributed by atoms with Crippen LogP contribution >= 0.6 is 21.4 Å². The van der Waals surface area contributed by atoms with Crippen LogP contribution in [-0.2, 0) is 6.42 Å². The van der Waals surface area contributed by atoms with Crippen molar-refractivity contribution in [1.82, 2.24) is 0 Å². The van der Waals surface area contributed by atoms with Gasteiger partial charge in [0.25, 0.3) is 0 Å². The van der Waals surface area contributed by atoms with Gasteiger partial charge in [-0.05, 0) is 112 Å². The van der Waals surface area contributed by atoms with Crippen LogP contribution in [0.15, 0.2) is 104 Å². The first-order chi connectivity index (χ1) is 19.2. The summed E-state index contributed by atoms with van der Waals surface area (Å²) in [6.07, 6.45) is 3.31. The van der Waals surface area contributed by atoms with Gasteiger partial charge in [-0.2, -0.15) is 0 Å². The maximum absolute atomic E-state index is 9.18. The molecule has 0 radical (unpaired) electrons. The van der Waals surface area contributed by atoms with Crippen molar-refractivity contribution in [3.63, 3.8) is 0 Å². The minimum absolute atomic E-state index is 0.0121. The smallest absolute Gasteiger partial charge is 0.119 e. The minimum Gasteiger partial charge on any atom is -0.491 e. The summed E-state index contributed by atoms with van der Waals surface area (Å²) < 4.78 is 12.7. The van der Waals surface area contributed by atoms with E-state index in [0.717, 1.165) is 17.9 Å². The molecule has 0 saturated carbocycles. The molecule has 1 aliphatic heterocycles. The third-order valence-corrected chi connectivity index (χ3v) is 12.1. The van der Waals surface area contributed by atoms with Crippen LogP contribution in [-0.4, -0.2) is 36.6 Å². The predicted molar refractivity (Wildman–Crippen MR) is 160 cm³/mol. The molecule has 39 heavy (non-hydrogen) atoms. The van der Waals surface area contributed by atoms with Gasteiger partial charge in [0.2, 0.25) is 0 Å². The lowest BCUT2D eigenvalue weighted by Crippen LogP contribution is -2.04. The minimum atomic E-state index is -1.70. The summed E-state index contributed by atoms with van der Waals surface area (Å²) in [4.78, 5) is 3.80. The number of benzene rings is 4. The average molecular weight is 553 g/mol. The Balaban J connectivity index is 1.41. The summed E-state index contributed by atoms with van der Waals surface area (Å²) in [5, 5.41) is 24.3. The second kappa shape index (κ2) is 9.88. The molecule has 2 heterocycles. The van der Waals surface area contributed by atoms with Gasteiger partial charge in [0.15, 0.2) is 0 Å². The fourth-order valence-electron chi connectivity index (χ4n) is 5.85. The van der Waals surface area contributed by atoms with Crippen molar-refractivity contribution in [2.75, 3.05) is 26.4 Å². The molecule has 5 aromatic rings. The quantitative estimate of drug-likeness (QED) is 0.206. The highest BCUT2D eigenvalue weighted by Gasteiger charge is 2.37. The molecule has 0 fully saturated rings. The highest BCUT2D eigenvalue weighted by Crippen LogP contribution is 2.74. The van der Waals surface area contributed by atoms with E-state index in [4.69, 9.17) is 9.47 Å². The van der Waals surface area contributed by atoms with Gasteiger partial charge >= 0.3 is 0 Å². The summed E-state index contributed by atoms with van der Waals surface area (Å²) >= 11 is 1.83. The predicted octanol–water partition coefficient (Wildman–Crippen LogP) is 7.48. The van der Waals surface area contributed by atoms with Gasteiger partial charge in [0.1, 0.15) is 24.7 Å². The Morgan fingerprint density at radius 3 is 1.95 bits per heavy atom. The molecule has 6 heteroatoms. The number of rotatable bonds is 8. The maximum Gasteiger partial charge on any atom is 0.119 e. The molecule has 7 rings (SSSR count). The fourth-order valence-corrected chi connectivity index (χ4v) is 10.3. The summed E-state index contributed by atoms with van der Waals surface area (Å²) in [7, 11) is -1.70. The van der Waals surface area contributed by atoms with Gasteiger partial charge in [0, 0.05) is 24.9 Å². The van der Waals surface area contributed by atoms with Crippen LogP contribution in [0.4, 0.5) is 0 Å². The Hall–Kier alpha value is -3.55. The van der Waals surface area contributed by atoms with Gasteiger partial charge < -0.3 is 19.7 Å². The first kappa shape index (κ1) is 24.5. The first-order valence-electron chi connectivity index (χ1n) is 13.1. The zero-order valence-electron chi connectivity index (χ0n) is 21.3. The molecule has 0 atom stereocenters. The van der Waals surface area contributed by atoms with Gasteiger partial charge in [-0.3, -0.25) is 0 Å². The molecule has 4 nitrogen and oxygen atoms in total. The van der Waals surface area contributed by atoms with Crippen LogP contribution in [0.3, 0.4) is 0 Å². The lowest BCUT2D eigenvalue weighted by Gasteiger charge is -2.37. The van der Waals surface area contributed by atoms with Crippen molar-refractivity contribution in [2.24, 2.45) is 0 Å². The Morgan fingerprint density at radius 2 is 1.31 bits per heavy atom. The van der Waals surface area contributed by atoms with E-state index in [1.165, 1.54) is 52.6 Å². The molecular formula is C33H28O4S2. The van der Waals surface area contributed by atoms with Crippen molar-refractivity contribution < 1.29 is 19.7 Å². The van der Waals surface area contributed by atoms with Crippen molar-refractivity contribution >= 4 is 37.5 Å². The van der Waals surface area contributed by atoms with E-state index < -0.39 is 10.0 Å². The van der Waals surface area contributed by atoms with E-state index in [1.54, 1.807) is 0 Å². The van der Waals surface area contributed by atoms with Crippen LogP contribution in [0, 0.1) is 0 Å². The number of hydrogen-bond acceptors (Lipinski definition) is 5. The van der Waals surface area contributed by atoms with Crippen molar-refractivity contribution in [3.8, 4) is 22.6 Å². The van der Waals surface area contributed by atoms with Crippen LogP contribution in [0.2, 0.25) is 0 Å². The second-order valence-electron chi connectivity index (χ2n) is 9.68. The van der Waals surface area contributed by atoms with Crippen LogP contribution in [0.5, 0.6) is 11.5 Å². The first-order valence-corrected chi connectivity index (χ1v) is 15.6. The molecule has 0 unspecified atom stereocenters. The Kier molecular flexibility index (Phi) is 6.21. The van der Waals surface area contributed by atoms with Crippen molar-refractivity contribution in [1.29, 1.82) is 0 Å². The number of ether oxygens (including phenoxy) is 2. The van der Waals surface area contributed by atoms with Gasteiger partial charge in [0.05, 0.1) is 13.2 Å². The Bertz CT molecular complexity index is 1650. The average Bonchev–Trinajstić information content (AvgIpc) is 3.70. The standard InChI is InChI=1S/C33H28O4S2/c34-15-17-36-25-4-8-27(9-5-25)39(28-10-6-26(7-11-28)37-18-16-35)20-14-29-30(39)12-3-23-21-24-2-1-22-13-19-38-33(22)32(24)31(23)29/h1-14,19-20,34-35H,15-18,21H2.